The zero-order valence-electron chi connectivity index (χ0n) is 15.1. The van der Waals surface area contributed by atoms with Crippen LogP contribution in [0.4, 0.5) is 0 Å². The number of amides is 2. The summed E-state index contributed by atoms with van der Waals surface area (Å²) in [6.45, 7) is 8.21. The van der Waals surface area contributed by atoms with Gasteiger partial charge in [-0.2, -0.15) is 0 Å². The molecule has 0 radical (unpaired) electrons. The summed E-state index contributed by atoms with van der Waals surface area (Å²) < 4.78 is 5.52. The average molecular weight is 399 g/mol. The summed E-state index contributed by atoms with van der Waals surface area (Å²) in [7, 11) is 0. The van der Waals surface area contributed by atoms with Crippen LogP contribution in [0.15, 0.2) is 0 Å². The Balaban J connectivity index is 0.00000288. The van der Waals surface area contributed by atoms with E-state index in [0.29, 0.717) is 19.7 Å². The van der Waals surface area contributed by atoms with Crippen LogP contribution in [0.3, 0.4) is 0 Å². The average Bonchev–Trinajstić information content (AvgIpc) is 2.55. The second-order valence-electron chi connectivity index (χ2n) is 6.42. The zero-order valence-corrected chi connectivity index (χ0v) is 16.7. The predicted molar refractivity (Wildman–Crippen MR) is 103 cm³/mol. The molecule has 2 fully saturated rings. The standard InChI is InChI=1S/C16H30N4O3.2ClH/c1-3-6-17-14(21)11-20-8-4-13(5-9-20)19-16(22)15-12(2)23-10-7-18-15;;/h12-13,15,18H,3-11H2,1-2H3,(H,17,21)(H,19,22);2*1H/t12-,15+;;/m1../s1. The maximum Gasteiger partial charge on any atom is 0.240 e. The Labute approximate surface area is 162 Å². The van der Waals surface area contributed by atoms with Gasteiger partial charge in [-0.25, -0.2) is 0 Å². The molecular weight excluding hydrogens is 367 g/mol. The summed E-state index contributed by atoms with van der Waals surface area (Å²) in [5, 5.41) is 9.23. The molecule has 25 heavy (non-hydrogen) atoms. The largest absolute Gasteiger partial charge is 0.375 e. The number of rotatable bonds is 6. The third-order valence-corrected chi connectivity index (χ3v) is 4.47. The minimum Gasteiger partial charge on any atom is -0.375 e. The lowest BCUT2D eigenvalue weighted by Gasteiger charge is -2.34. The molecule has 0 aromatic rings. The number of hydrogen-bond donors (Lipinski definition) is 3. The van der Waals surface area contributed by atoms with E-state index in [4.69, 9.17) is 4.74 Å². The Hall–Kier alpha value is -0.600. The molecule has 2 aliphatic rings. The van der Waals surface area contributed by atoms with E-state index in [1.165, 1.54) is 0 Å². The van der Waals surface area contributed by atoms with Crippen molar-refractivity contribution >= 4 is 36.6 Å². The van der Waals surface area contributed by atoms with Crippen molar-refractivity contribution < 1.29 is 14.3 Å². The monoisotopic (exact) mass is 398 g/mol. The minimum atomic E-state index is -0.262. The fraction of sp³-hybridized carbons (Fsp3) is 0.875. The smallest absolute Gasteiger partial charge is 0.240 e. The zero-order chi connectivity index (χ0) is 16.7. The van der Waals surface area contributed by atoms with Crippen LogP contribution in [0, 0.1) is 0 Å². The third-order valence-electron chi connectivity index (χ3n) is 4.47. The van der Waals surface area contributed by atoms with Gasteiger partial charge in [0.15, 0.2) is 0 Å². The molecule has 0 spiro atoms. The molecule has 0 aliphatic carbocycles. The molecule has 2 aliphatic heterocycles. The number of carbonyl (C=O) groups excluding carboxylic acids is 2. The molecule has 2 saturated heterocycles. The molecule has 0 aromatic heterocycles. The van der Waals surface area contributed by atoms with Gasteiger partial charge in [0.05, 0.1) is 19.3 Å². The summed E-state index contributed by atoms with van der Waals surface area (Å²) in [6.07, 6.45) is 2.63. The molecule has 3 N–H and O–H groups in total. The highest BCUT2D eigenvalue weighted by atomic mass is 35.5. The lowest BCUT2D eigenvalue weighted by Crippen LogP contribution is -2.58. The summed E-state index contributed by atoms with van der Waals surface area (Å²) >= 11 is 0. The highest BCUT2D eigenvalue weighted by Gasteiger charge is 2.30. The van der Waals surface area contributed by atoms with Gasteiger partial charge in [0.2, 0.25) is 11.8 Å². The lowest BCUT2D eigenvalue weighted by molar-refractivity contribution is -0.130. The topological polar surface area (TPSA) is 82.7 Å². The second kappa shape index (κ2) is 12.7. The van der Waals surface area contributed by atoms with Crippen LogP contribution in [-0.4, -0.2) is 74.2 Å². The molecule has 9 heteroatoms. The van der Waals surface area contributed by atoms with Crippen molar-refractivity contribution in [3.05, 3.63) is 0 Å². The highest BCUT2D eigenvalue weighted by molar-refractivity contribution is 5.85. The molecule has 0 aromatic carbocycles. The van der Waals surface area contributed by atoms with Gasteiger partial charge in [-0.15, -0.1) is 24.8 Å². The molecule has 2 rings (SSSR count). The maximum absolute atomic E-state index is 12.3. The normalized spacial score (nSPS) is 24.6. The van der Waals surface area contributed by atoms with E-state index >= 15 is 0 Å². The molecule has 2 atom stereocenters. The van der Waals surface area contributed by atoms with E-state index in [9.17, 15) is 9.59 Å². The fourth-order valence-corrected chi connectivity index (χ4v) is 3.08. The molecular formula is C16H32Cl2N4O3. The van der Waals surface area contributed by atoms with Gasteiger partial charge in [-0.05, 0) is 26.2 Å². The van der Waals surface area contributed by atoms with Gasteiger partial charge >= 0.3 is 0 Å². The van der Waals surface area contributed by atoms with Crippen molar-refractivity contribution in [1.82, 2.24) is 20.9 Å². The van der Waals surface area contributed by atoms with Crippen LogP contribution in [0.2, 0.25) is 0 Å². The van der Waals surface area contributed by atoms with Crippen LogP contribution in [0.1, 0.15) is 33.1 Å². The van der Waals surface area contributed by atoms with Crippen molar-refractivity contribution in [3.8, 4) is 0 Å². The Morgan fingerprint density at radius 2 is 1.92 bits per heavy atom. The first-order valence-electron chi connectivity index (χ1n) is 8.74. The van der Waals surface area contributed by atoms with Crippen LogP contribution in [-0.2, 0) is 14.3 Å². The van der Waals surface area contributed by atoms with Crippen molar-refractivity contribution in [2.75, 3.05) is 39.3 Å². The number of piperidine rings is 1. The Kier molecular flexibility index (Phi) is 12.4. The summed E-state index contributed by atoms with van der Waals surface area (Å²) in [4.78, 5) is 26.2. The number of hydrogen-bond acceptors (Lipinski definition) is 5. The number of nitrogens with zero attached hydrogens (tertiary/aromatic N) is 1. The molecule has 2 amide bonds. The molecule has 148 valence electrons. The van der Waals surface area contributed by atoms with Gasteiger partial charge < -0.3 is 20.7 Å². The first-order chi connectivity index (χ1) is 11.1. The van der Waals surface area contributed by atoms with Crippen molar-refractivity contribution in [2.45, 2.75) is 51.3 Å². The summed E-state index contributed by atoms with van der Waals surface area (Å²) in [6, 6.07) is -0.0741. The van der Waals surface area contributed by atoms with Crippen LogP contribution >= 0.6 is 24.8 Å². The van der Waals surface area contributed by atoms with Crippen molar-refractivity contribution in [1.29, 1.82) is 0 Å². The van der Waals surface area contributed by atoms with Crippen LogP contribution < -0.4 is 16.0 Å². The predicted octanol–water partition coefficient (Wildman–Crippen LogP) is 0.314. The lowest BCUT2D eigenvalue weighted by atomic mass is 10.0. The number of nitrogens with one attached hydrogen (secondary N) is 3. The van der Waals surface area contributed by atoms with E-state index in [1.807, 2.05) is 13.8 Å². The van der Waals surface area contributed by atoms with Gasteiger partial charge in [0, 0.05) is 32.2 Å². The first kappa shape index (κ1) is 24.4. The number of halogens is 2. The molecule has 0 saturated carbocycles. The Morgan fingerprint density at radius 1 is 1.24 bits per heavy atom. The van der Waals surface area contributed by atoms with Crippen LogP contribution in [0.25, 0.3) is 0 Å². The van der Waals surface area contributed by atoms with E-state index in [2.05, 4.69) is 20.9 Å². The molecule has 7 nitrogen and oxygen atoms in total. The second-order valence-corrected chi connectivity index (χ2v) is 6.42. The quantitative estimate of drug-likeness (QED) is 0.599. The molecule has 0 bridgehead atoms. The summed E-state index contributed by atoms with van der Waals surface area (Å²) in [5.41, 5.74) is 0. The Morgan fingerprint density at radius 3 is 2.52 bits per heavy atom. The van der Waals surface area contributed by atoms with Gasteiger partial charge in [0.1, 0.15) is 6.04 Å². The highest BCUT2D eigenvalue weighted by Crippen LogP contribution is 2.11. The maximum atomic E-state index is 12.3. The van der Waals surface area contributed by atoms with Crippen molar-refractivity contribution in [3.63, 3.8) is 0 Å². The SMILES string of the molecule is CCCNC(=O)CN1CCC(NC(=O)[C@H]2NCCO[C@@H]2C)CC1.Cl.Cl. The number of carbonyl (C=O) groups is 2. The Bertz CT molecular complexity index is 407. The van der Waals surface area contributed by atoms with E-state index in [1.54, 1.807) is 0 Å². The summed E-state index contributed by atoms with van der Waals surface area (Å²) in [5.74, 6) is 0.114. The number of morpholine rings is 1. The van der Waals surface area contributed by atoms with E-state index in [0.717, 1.165) is 38.9 Å². The molecule has 2 heterocycles. The third kappa shape index (κ3) is 8.09. The van der Waals surface area contributed by atoms with Gasteiger partial charge in [-0.3, -0.25) is 14.5 Å². The van der Waals surface area contributed by atoms with Crippen molar-refractivity contribution in [2.24, 2.45) is 0 Å². The van der Waals surface area contributed by atoms with Gasteiger partial charge in [0.25, 0.3) is 0 Å². The fourth-order valence-electron chi connectivity index (χ4n) is 3.08. The number of ether oxygens (including phenoxy) is 1. The van der Waals surface area contributed by atoms with E-state index in [-0.39, 0.29) is 54.8 Å². The minimum absolute atomic E-state index is 0. The van der Waals surface area contributed by atoms with Crippen LogP contribution in [0.5, 0.6) is 0 Å². The van der Waals surface area contributed by atoms with Gasteiger partial charge in [-0.1, -0.05) is 6.92 Å². The number of likely N-dealkylation sites (tertiary alicyclic amines) is 1. The van der Waals surface area contributed by atoms with E-state index < -0.39 is 0 Å². The molecule has 0 unspecified atom stereocenters. The first-order valence-corrected chi connectivity index (χ1v) is 8.74.